The quantitative estimate of drug-likeness (QED) is 0.533. The van der Waals surface area contributed by atoms with Crippen LogP contribution in [0.1, 0.15) is 24.8 Å². The van der Waals surface area contributed by atoms with Crippen LogP contribution in [-0.4, -0.2) is 18.5 Å². The maximum atomic E-state index is 8.38. The van der Waals surface area contributed by atoms with Crippen molar-refractivity contribution in [2.45, 2.75) is 25.7 Å². The van der Waals surface area contributed by atoms with Crippen LogP contribution in [0, 0.1) is 0 Å². The van der Waals surface area contributed by atoms with Crippen LogP contribution in [-0.2, 0) is 11.2 Å². The molecule has 0 saturated heterocycles. The minimum atomic E-state index is -0.154. The standard InChI is InChI=1S/C12H18O2/c13-11-14-10-6-2-5-9-12-7-3-1-4-8-12/h1,3-4,7-8,13H,2,5-6,9-11H2. The lowest BCUT2D eigenvalue weighted by atomic mass is 10.1. The van der Waals surface area contributed by atoms with E-state index in [1.54, 1.807) is 0 Å². The molecule has 0 radical (unpaired) electrons. The number of aliphatic hydroxyl groups excluding tert-OH is 1. The van der Waals surface area contributed by atoms with Gasteiger partial charge in [-0.15, -0.1) is 0 Å². The Kier molecular flexibility index (Phi) is 6.04. The molecule has 0 heterocycles. The minimum Gasteiger partial charge on any atom is -0.371 e. The van der Waals surface area contributed by atoms with Crippen LogP contribution >= 0.6 is 0 Å². The van der Waals surface area contributed by atoms with E-state index >= 15 is 0 Å². The van der Waals surface area contributed by atoms with E-state index in [2.05, 4.69) is 24.3 Å². The van der Waals surface area contributed by atoms with Gasteiger partial charge in [0.1, 0.15) is 6.79 Å². The van der Waals surface area contributed by atoms with E-state index in [-0.39, 0.29) is 6.79 Å². The smallest absolute Gasteiger partial charge is 0.143 e. The van der Waals surface area contributed by atoms with Crippen molar-refractivity contribution in [1.82, 2.24) is 0 Å². The minimum absolute atomic E-state index is 0.154. The summed E-state index contributed by atoms with van der Waals surface area (Å²) in [4.78, 5) is 0. The first-order valence-corrected chi connectivity index (χ1v) is 5.16. The molecule has 2 nitrogen and oxygen atoms in total. The number of hydrogen-bond donors (Lipinski definition) is 1. The van der Waals surface area contributed by atoms with Crippen molar-refractivity contribution in [1.29, 1.82) is 0 Å². The summed E-state index contributed by atoms with van der Waals surface area (Å²) in [6, 6.07) is 10.5. The summed E-state index contributed by atoms with van der Waals surface area (Å²) < 4.78 is 4.84. The zero-order valence-electron chi connectivity index (χ0n) is 8.48. The first-order chi connectivity index (χ1) is 6.93. The number of hydrogen-bond acceptors (Lipinski definition) is 2. The predicted molar refractivity (Wildman–Crippen MR) is 57.0 cm³/mol. The number of rotatable bonds is 7. The van der Waals surface area contributed by atoms with Gasteiger partial charge in [0.25, 0.3) is 0 Å². The second-order valence-corrected chi connectivity index (χ2v) is 3.33. The molecule has 1 rings (SSSR count). The number of unbranched alkanes of at least 4 members (excludes halogenated alkanes) is 2. The van der Waals surface area contributed by atoms with Crippen molar-refractivity contribution in [3.63, 3.8) is 0 Å². The predicted octanol–water partition coefficient (Wildman–Crippen LogP) is 2.37. The third-order valence-electron chi connectivity index (χ3n) is 2.19. The summed E-state index contributed by atoms with van der Waals surface area (Å²) in [7, 11) is 0. The molecule has 1 aromatic carbocycles. The highest BCUT2D eigenvalue weighted by Gasteiger charge is 1.92. The average molecular weight is 194 g/mol. The van der Waals surface area contributed by atoms with Crippen LogP contribution in [0.15, 0.2) is 30.3 Å². The van der Waals surface area contributed by atoms with E-state index in [4.69, 9.17) is 9.84 Å². The first-order valence-electron chi connectivity index (χ1n) is 5.16. The molecule has 0 atom stereocenters. The Morgan fingerprint density at radius 2 is 1.79 bits per heavy atom. The monoisotopic (exact) mass is 194 g/mol. The molecule has 78 valence electrons. The Morgan fingerprint density at radius 1 is 1.00 bits per heavy atom. The second-order valence-electron chi connectivity index (χ2n) is 3.33. The molecule has 0 aromatic heterocycles. The van der Waals surface area contributed by atoms with E-state index in [9.17, 15) is 0 Å². The molecule has 0 aliphatic rings. The van der Waals surface area contributed by atoms with Crippen molar-refractivity contribution in [2.75, 3.05) is 13.4 Å². The zero-order valence-corrected chi connectivity index (χ0v) is 8.48. The van der Waals surface area contributed by atoms with Crippen molar-refractivity contribution in [3.05, 3.63) is 35.9 Å². The normalized spacial score (nSPS) is 10.4. The molecular formula is C12H18O2. The molecule has 14 heavy (non-hydrogen) atoms. The summed E-state index contributed by atoms with van der Waals surface area (Å²) in [5.41, 5.74) is 1.40. The fraction of sp³-hybridized carbons (Fsp3) is 0.500. The van der Waals surface area contributed by atoms with Crippen LogP contribution in [0.5, 0.6) is 0 Å². The van der Waals surface area contributed by atoms with Gasteiger partial charge in [-0.05, 0) is 24.8 Å². The molecular weight excluding hydrogens is 176 g/mol. The topological polar surface area (TPSA) is 29.5 Å². The third kappa shape index (κ3) is 5.00. The van der Waals surface area contributed by atoms with Gasteiger partial charge in [-0.2, -0.15) is 0 Å². The average Bonchev–Trinajstić information content (AvgIpc) is 2.25. The SMILES string of the molecule is OCOCCCCCc1ccccc1. The molecule has 0 fully saturated rings. The van der Waals surface area contributed by atoms with Gasteiger partial charge in [-0.25, -0.2) is 0 Å². The number of aryl methyl sites for hydroxylation is 1. The summed E-state index contributed by atoms with van der Waals surface area (Å²) in [5.74, 6) is 0. The van der Waals surface area contributed by atoms with Gasteiger partial charge in [0.15, 0.2) is 0 Å². The molecule has 0 amide bonds. The lowest BCUT2D eigenvalue weighted by Crippen LogP contribution is -1.95. The summed E-state index contributed by atoms with van der Waals surface area (Å²) >= 11 is 0. The van der Waals surface area contributed by atoms with E-state index < -0.39 is 0 Å². The van der Waals surface area contributed by atoms with Gasteiger partial charge in [-0.1, -0.05) is 36.8 Å². The zero-order chi connectivity index (χ0) is 10.1. The molecule has 0 spiro atoms. The molecule has 0 unspecified atom stereocenters. The van der Waals surface area contributed by atoms with E-state index in [1.807, 2.05) is 6.07 Å². The highest BCUT2D eigenvalue weighted by molar-refractivity contribution is 5.14. The van der Waals surface area contributed by atoms with Gasteiger partial charge >= 0.3 is 0 Å². The summed E-state index contributed by atoms with van der Waals surface area (Å²) in [5, 5.41) is 8.38. The Bertz CT molecular complexity index is 221. The number of benzene rings is 1. The fourth-order valence-electron chi connectivity index (χ4n) is 1.42. The molecule has 0 aliphatic heterocycles. The Balaban J connectivity index is 1.99. The molecule has 0 bridgehead atoms. The molecule has 0 saturated carbocycles. The maximum Gasteiger partial charge on any atom is 0.143 e. The second kappa shape index (κ2) is 7.54. The number of ether oxygens (including phenoxy) is 1. The van der Waals surface area contributed by atoms with Crippen LogP contribution in [0.3, 0.4) is 0 Å². The third-order valence-corrected chi connectivity index (χ3v) is 2.19. The van der Waals surface area contributed by atoms with Gasteiger partial charge in [-0.3, -0.25) is 0 Å². The summed E-state index contributed by atoms with van der Waals surface area (Å²) in [6.07, 6.45) is 4.53. The van der Waals surface area contributed by atoms with Gasteiger partial charge in [0, 0.05) is 6.61 Å². The maximum absolute atomic E-state index is 8.38. The molecule has 0 aliphatic carbocycles. The molecule has 1 aromatic rings. The van der Waals surface area contributed by atoms with Crippen molar-refractivity contribution in [2.24, 2.45) is 0 Å². The highest BCUT2D eigenvalue weighted by Crippen LogP contribution is 2.05. The lowest BCUT2D eigenvalue weighted by Gasteiger charge is -2.01. The van der Waals surface area contributed by atoms with Crippen molar-refractivity contribution in [3.8, 4) is 0 Å². The lowest BCUT2D eigenvalue weighted by molar-refractivity contribution is -0.00279. The van der Waals surface area contributed by atoms with E-state index in [1.165, 1.54) is 12.0 Å². The van der Waals surface area contributed by atoms with E-state index in [0.717, 1.165) is 19.3 Å². The van der Waals surface area contributed by atoms with Crippen molar-refractivity contribution >= 4 is 0 Å². The highest BCUT2D eigenvalue weighted by atomic mass is 16.6. The van der Waals surface area contributed by atoms with Crippen molar-refractivity contribution < 1.29 is 9.84 Å². The summed E-state index contributed by atoms with van der Waals surface area (Å²) in [6.45, 7) is 0.518. The Labute approximate surface area is 85.5 Å². The molecule has 2 heteroatoms. The van der Waals surface area contributed by atoms with Crippen LogP contribution in [0.25, 0.3) is 0 Å². The van der Waals surface area contributed by atoms with Crippen LogP contribution < -0.4 is 0 Å². The van der Waals surface area contributed by atoms with Gasteiger partial charge < -0.3 is 9.84 Å². The fourth-order valence-corrected chi connectivity index (χ4v) is 1.42. The number of aliphatic hydroxyl groups is 1. The first kappa shape index (κ1) is 11.2. The van der Waals surface area contributed by atoms with E-state index in [0.29, 0.717) is 6.61 Å². The van der Waals surface area contributed by atoms with Gasteiger partial charge in [0.05, 0.1) is 0 Å². The van der Waals surface area contributed by atoms with Gasteiger partial charge in [0.2, 0.25) is 0 Å². The Hall–Kier alpha value is -0.860. The Morgan fingerprint density at radius 3 is 2.50 bits per heavy atom. The van der Waals surface area contributed by atoms with Crippen LogP contribution in [0.2, 0.25) is 0 Å². The largest absolute Gasteiger partial charge is 0.371 e. The van der Waals surface area contributed by atoms with Crippen LogP contribution in [0.4, 0.5) is 0 Å². The molecule has 1 N–H and O–H groups in total.